The van der Waals surface area contributed by atoms with Gasteiger partial charge in [0.05, 0.1) is 0 Å². The minimum Gasteiger partial charge on any atom is -0.491 e. The van der Waals surface area contributed by atoms with Gasteiger partial charge in [0.2, 0.25) is 0 Å². The average Bonchev–Trinajstić information content (AvgIpc) is 2.93. The summed E-state index contributed by atoms with van der Waals surface area (Å²) in [4.78, 5) is 18.4. The highest BCUT2D eigenvalue weighted by Gasteiger charge is 2.19. The second-order valence-corrected chi connectivity index (χ2v) is 4.24. The van der Waals surface area contributed by atoms with E-state index >= 15 is 0 Å². The van der Waals surface area contributed by atoms with E-state index in [0.29, 0.717) is 24.5 Å². The van der Waals surface area contributed by atoms with Gasteiger partial charge < -0.3 is 14.5 Å². The minimum absolute atomic E-state index is 0.101. The maximum Gasteiger partial charge on any atom is 0.253 e. The first-order valence-corrected chi connectivity index (χ1v) is 6.15. The van der Waals surface area contributed by atoms with Crippen LogP contribution in [0.1, 0.15) is 23.2 Å². The molecule has 0 aromatic heterocycles. The normalized spacial score (nSPS) is 14.8. The third kappa shape index (κ3) is 3.21. The van der Waals surface area contributed by atoms with E-state index in [1.165, 1.54) is 0 Å². The largest absolute Gasteiger partial charge is 0.491 e. The number of likely N-dealkylation sites (tertiary alicyclic amines) is 1. The molecule has 2 rings (SSSR count). The monoisotopic (exact) mass is 250 g/mol. The summed E-state index contributed by atoms with van der Waals surface area (Å²) in [5, 5.41) is 0. The molecule has 0 radical (unpaired) electrons. The van der Waals surface area contributed by atoms with Crippen LogP contribution in [0.2, 0.25) is 0 Å². The number of benzene rings is 1. The lowest BCUT2D eigenvalue weighted by Crippen LogP contribution is -2.27. The molecule has 0 spiro atoms. The molecule has 1 amide bonds. The number of rotatable bonds is 5. The highest BCUT2D eigenvalue weighted by Crippen LogP contribution is 2.16. The third-order valence-corrected chi connectivity index (χ3v) is 2.96. The maximum absolute atomic E-state index is 12.1. The Morgan fingerprint density at radius 3 is 2.44 bits per heavy atom. The Kier molecular flexibility index (Phi) is 4.55. The molecule has 0 saturated carbocycles. The molecular formula is C13H18N2O3. The van der Waals surface area contributed by atoms with Crippen molar-refractivity contribution in [3.63, 3.8) is 0 Å². The van der Waals surface area contributed by atoms with Gasteiger partial charge in [-0.3, -0.25) is 4.79 Å². The van der Waals surface area contributed by atoms with Crippen LogP contribution in [0.5, 0.6) is 5.75 Å². The molecule has 98 valence electrons. The SMILES string of the molecule is NOCCOc1ccc(C(=O)N2CCCC2)cc1. The molecule has 1 aromatic carbocycles. The van der Waals surface area contributed by atoms with Crippen molar-refractivity contribution >= 4 is 5.91 Å². The Balaban J connectivity index is 1.92. The first kappa shape index (κ1) is 12.9. The molecule has 0 atom stereocenters. The van der Waals surface area contributed by atoms with Crippen LogP contribution >= 0.6 is 0 Å². The van der Waals surface area contributed by atoms with Crippen LogP contribution in [0.3, 0.4) is 0 Å². The molecule has 0 bridgehead atoms. The number of amides is 1. The summed E-state index contributed by atoms with van der Waals surface area (Å²) in [7, 11) is 0. The van der Waals surface area contributed by atoms with Gasteiger partial charge in [-0.15, -0.1) is 0 Å². The zero-order chi connectivity index (χ0) is 12.8. The van der Waals surface area contributed by atoms with E-state index in [9.17, 15) is 4.79 Å². The van der Waals surface area contributed by atoms with Gasteiger partial charge in [-0.2, -0.15) is 0 Å². The van der Waals surface area contributed by atoms with Crippen LogP contribution in [-0.4, -0.2) is 37.1 Å². The zero-order valence-electron chi connectivity index (χ0n) is 10.3. The topological polar surface area (TPSA) is 64.8 Å². The molecule has 2 N–H and O–H groups in total. The van der Waals surface area contributed by atoms with E-state index < -0.39 is 0 Å². The van der Waals surface area contributed by atoms with Crippen LogP contribution in [0.25, 0.3) is 0 Å². The molecule has 1 saturated heterocycles. The quantitative estimate of drug-likeness (QED) is 0.630. The summed E-state index contributed by atoms with van der Waals surface area (Å²) in [6.45, 7) is 2.47. The lowest BCUT2D eigenvalue weighted by Gasteiger charge is -2.15. The van der Waals surface area contributed by atoms with E-state index in [4.69, 9.17) is 10.6 Å². The van der Waals surface area contributed by atoms with Gasteiger partial charge in [0.15, 0.2) is 0 Å². The molecule has 5 heteroatoms. The summed E-state index contributed by atoms with van der Waals surface area (Å²) in [5.41, 5.74) is 0.708. The van der Waals surface area contributed by atoms with Crippen LogP contribution in [-0.2, 0) is 4.84 Å². The predicted molar refractivity (Wildman–Crippen MR) is 67.2 cm³/mol. The Bertz CT molecular complexity index is 386. The third-order valence-electron chi connectivity index (χ3n) is 2.96. The molecule has 0 aliphatic carbocycles. The first-order chi connectivity index (χ1) is 8.81. The van der Waals surface area contributed by atoms with Crippen molar-refractivity contribution in [3.8, 4) is 5.75 Å². The summed E-state index contributed by atoms with van der Waals surface area (Å²) in [5.74, 6) is 5.71. The second kappa shape index (κ2) is 6.37. The second-order valence-electron chi connectivity index (χ2n) is 4.24. The number of ether oxygens (including phenoxy) is 1. The van der Waals surface area contributed by atoms with Crippen molar-refractivity contribution in [1.82, 2.24) is 4.90 Å². The number of hydrogen-bond donors (Lipinski definition) is 1. The summed E-state index contributed by atoms with van der Waals surface area (Å²) >= 11 is 0. The first-order valence-electron chi connectivity index (χ1n) is 6.15. The average molecular weight is 250 g/mol. The van der Waals surface area contributed by atoms with E-state index in [1.807, 2.05) is 4.90 Å². The van der Waals surface area contributed by atoms with Gasteiger partial charge in [-0.25, -0.2) is 5.90 Å². The Labute approximate surface area is 106 Å². The fourth-order valence-electron chi connectivity index (χ4n) is 2.00. The van der Waals surface area contributed by atoms with E-state index in [1.54, 1.807) is 24.3 Å². The summed E-state index contributed by atoms with van der Waals surface area (Å²) < 4.78 is 5.38. The van der Waals surface area contributed by atoms with Gasteiger partial charge in [-0.05, 0) is 37.1 Å². The number of carbonyl (C=O) groups excluding carboxylic acids is 1. The maximum atomic E-state index is 12.1. The molecule has 18 heavy (non-hydrogen) atoms. The molecule has 5 nitrogen and oxygen atoms in total. The molecule has 1 heterocycles. The zero-order valence-corrected chi connectivity index (χ0v) is 10.3. The van der Waals surface area contributed by atoms with Gasteiger partial charge in [0, 0.05) is 18.7 Å². The van der Waals surface area contributed by atoms with E-state index in [0.717, 1.165) is 25.9 Å². The molecular weight excluding hydrogens is 232 g/mol. The molecule has 1 fully saturated rings. The Hall–Kier alpha value is -1.59. The Morgan fingerprint density at radius 1 is 1.17 bits per heavy atom. The van der Waals surface area contributed by atoms with Gasteiger partial charge >= 0.3 is 0 Å². The van der Waals surface area contributed by atoms with Gasteiger partial charge in [0.25, 0.3) is 5.91 Å². The van der Waals surface area contributed by atoms with Crippen LogP contribution in [0.4, 0.5) is 0 Å². The number of nitrogens with two attached hydrogens (primary N) is 1. The van der Waals surface area contributed by atoms with Crippen molar-refractivity contribution in [2.24, 2.45) is 5.90 Å². The van der Waals surface area contributed by atoms with Crippen molar-refractivity contribution in [2.45, 2.75) is 12.8 Å². The number of hydrogen-bond acceptors (Lipinski definition) is 4. The number of nitrogens with zero attached hydrogens (tertiary/aromatic N) is 1. The lowest BCUT2D eigenvalue weighted by atomic mass is 10.2. The highest BCUT2D eigenvalue weighted by molar-refractivity contribution is 5.94. The fourth-order valence-corrected chi connectivity index (χ4v) is 2.00. The smallest absolute Gasteiger partial charge is 0.253 e. The van der Waals surface area contributed by atoms with Crippen molar-refractivity contribution in [1.29, 1.82) is 0 Å². The minimum atomic E-state index is 0.101. The van der Waals surface area contributed by atoms with Crippen LogP contribution in [0, 0.1) is 0 Å². The van der Waals surface area contributed by atoms with Crippen molar-refractivity contribution in [3.05, 3.63) is 29.8 Å². The van der Waals surface area contributed by atoms with Gasteiger partial charge in [-0.1, -0.05) is 0 Å². The molecule has 1 aliphatic rings. The molecule has 0 unspecified atom stereocenters. The highest BCUT2D eigenvalue weighted by atomic mass is 16.6. The van der Waals surface area contributed by atoms with E-state index in [2.05, 4.69) is 4.84 Å². The molecule has 1 aliphatic heterocycles. The predicted octanol–water partition coefficient (Wildman–Crippen LogP) is 1.19. The summed E-state index contributed by atoms with van der Waals surface area (Å²) in [6.07, 6.45) is 2.21. The van der Waals surface area contributed by atoms with Crippen LogP contribution < -0.4 is 10.6 Å². The molecule has 1 aromatic rings. The summed E-state index contributed by atoms with van der Waals surface area (Å²) in [6, 6.07) is 7.16. The fraction of sp³-hybridized carbons (Fsp3) is 0.462. The standard InChI is InChI=1S/C13H18N2O3/c14-18-10-9-17-12-5-3-11(4-6-12)13(16)15-7-1-2-8-15/h3-6H,1-2,7-10,14H2. The Morgan fingerprint density at radius 2 is 1.83 bits per heavy atom. The van der Waals surface area contributed by atoms with Gasteiger partial charge in [0.1, 0.15) is 19.0 Å². The van der Waals surface area contributed by atoms with E-state index in [-0.39, 0.29) is 5.91 Å². The number of carbonyl (C=O) groups is 1. The lowest BCUT2D eigenvalue weighted by molar-refractivity contribution is 0.0792. The van der Waals surface area contributed by atoms with Crippen molar-refractivity contribution in [2.75, 3.05) is 26.3 Å². The van der Waals surface area contributed by atoms with Crippen LogP contribution in [0.15, 0.2) is 24.3 Å². The van der Waals surface area contributed by atoms with Crippen molar-refractivity contribution < 1.29 is 14.4 Å².